The second-order valence-corrected chi connectivity index (χ2v) is 17.2. The lowest BCUT2D eigenvalue weighted by Gasteiger charge is -2.16. The van der Waals surface area contributed by atoms with E-state index in [9.17, 15) is 0 Å². The summed E-state index contributed by atoms with van der Waals surface area (Å²) < 4.78 is 26.6. The second kappa shape index (κ2) is 16.6. The highest BCUT2D eigenvalue weighted by atomic mass is 79.9. The summed E-state index contributed by atoms with van der Waals surface area (Å²) in [6, 6.07) is 23.6. The third-order valence-corrected chi connectivity index (χ3v) is 13.0. The minimum atomic E-state index is 0.638. The van der Waals surface area contributed by atoms with Gasteiger partial charge in [0, 0.05) is 63.4 Å². The fourth-order valence-electron chi connectivity index (χ4n) is 7.57. The van der Waals surface area contributed by atoms with E-state index < -0.39 is 0 Å². The number of halogens is 4. The molecule has 0 saturated carbocycles. The van der Waals surface area contributed by atoms with Crippen molar-refractivity contribution < 1.29 is 18.9 Å². The first-order valence-corrected chi connectivity index (χ1v) is 21.8. The molecule has 0 unspecified atom stereocenters. The zero-order chi connectivity index (χ0) is 41.7. The van der Waals surface area contributed by atoms with Gasteiger partial charge in [-0.05, 0) is 108 Å². The summed E-state index contributed by atoms with van der Waals surface area (Å²) in [6.45, 7) is 0. The maximum atomic E-state index is 5.76. The van der Waals surface area contributed by atoms with E-state index in [-0.39, 0.29) is 0 Å². The lowest BCUT2D eigenvalue weighted by atomic mass is 9.98. The third-order valence-electron chi connectivity index (χ3n) is 10.3. The van der Waals surface area contributed by atoms with Gasteiger partial charge >= 0.3 is 0 Å². The minimum Gasteiger partial charge on any atom is -0.497 e. The normalized spacial score (nSPS) is 16.5. The highest BCUT2D eigenvalue weighted by molar-refractivity contribution is 9.11. The number of rotatable bonds is 8. The van der Waals surface area contributed by atoms with E-state index >= 15 is 0 Å². The molecule has 5 heterocycles. The molecule has 0 aromatic heterocycles. The maximum Gasteiger partial charge on any atom is 0.123 e. The topological polar surface area (TPSA) is 86.4 Å². The van der Waals surface area contributed by atoms with Gasteiger partial charge < -0.3 is 18.9 Å². The number of ether oxygens (including phenoxy) is 4. The molecule has 0 N–H and O–H groups in total. The number of aliphatic imine (C=N–C) groups is 4. The van der Waals surface area contributed by atoms with Gasteiger partial charge in [-0.2, -0.15) is 0 Å². The smallest absolute Gasteiger partial charge is 0.123 e. The van der Waals surface area contributed by atoms with Crippen LogP contribution in [0.3, 0.4) is 0 Å². The Morgan fingerprint density at radius 3 is 0.900 bits per heavy atom. The molecule has 4 aromatic rings. The van der Waals surface area contributed by atoms with Gasteiger partial charge in [0.2, 0.25) is 0 Å². The van der Waals surface area contributed by atoms with Crippen LogP contribution in [-0.4, -0.2) is 51.3 Å². The fraction of sp³-hybridized carbons (Fsp3) is 0.0833. The van der Waals surface area contributed by atoms with Crippen molar-refractivity contribution in [3.05, 3.63) is 184 Å². The Bertz CT molecular complexity index is 2670. The van der Waals surface area contributed by atoms with Crippen LogP contribution in [0.5, 0.6) is 23.0 Å². The summed E-state index contributed by atoms with van der Waals surface area (Å²) in [6.07, 6.45) is 16.2. The molecular weight excluding hydrogens is 1020 g/mol. The molecule has 12 heteroatoms. The molecule has 0 atom stereocenters. The molecular formula is C48H32Br4N4O4. The third kappa shape index (κ3) is 7.29. The summed E-state index contributed by atoms with van der Waals surface area (Å²) in [5, 5.41) is 0. The lowest BCUT2D eigenvalue weighted by molar-refractivity contribution is 0.394. The van der Waals surface area contributed by atoms with E-state index in [1.54, 1.807) is 28.4 Å². The van der Waals surface area contributed by atoms with Crippen molar-refractivity contribution in [2.45, 2.75) is 0 Å². The number of methoxy groups -OCH3 is 4. The largest absolute Gasteiger partial charge is 0.497 e. The average Bonchev–Trinajstić information content (AvgIpc) is 4.10. The van der Waals surface area contributed by atoms with Gasteiger partial charge in [-0.1, -0.05) is 75.9 Å². The number of fused-ring (bicyclic) bond motifs is 4. The molecule has 0 spiro atoms. The molecule has 8 nitrogen and oxygen atoms in total. The van der Waals surface area contributed by atoms with E-state index in [1.807, 2.05) is 121 Å². The Kier molecular flexibility index (Phi) is 11.1. The van der Waals surface area contributed by atoms with Crippen molar-refractivity contribution in [3.8, 4) is 23.0 Å². The summed E-state index contributed by atoms with van der Waals surface area (Å²) in [7, 11) is 6.57. The van der Waals surface area contributed by atoms with E-state index in [4.69, 9.17) is 38.9 Å². The van der Waals surface area contributed by atoms with Gasteiger partial charge in [0.1, 0.15) is 23.0 Å². The highest BCUT2D eigenvalue weighted by Gasteiger charge is 2.30. The van der Waals surface area contributed by atoms with E-state index in [0.717, 1.165) is 85.3 Å². The second-order valence-electron chi connectivity index (χ2n) is 13.8. The zero-order valence-corrected chi connectivity index (χ0v) is 38.8. The molecule has 0 saturated heterocycles. The molecule has 8 bridgehead atoms. The summed E-state index contributed by atoms with van der Waals surface area (Å²) in [5.74, 6) is 2.55. The Hall–Kier alpha value is -5.40. The standard InChI is InChI=1S/C48H32Br4N4O4/c1-57-27-19-25(20-28(23-27)58-2)43-35-11-15-39(53-35)47(45-31(49)7-5-8-32(45)50)41-17-13-37(55-41)44(26-21-29(59-3)24-30(22-26)60-4)38-14-18-42(56-38)48(40-16-12-36(43)54-40)46-33(51)9-6-10-34(46)52/h5-24H,1-4H3. The molecule has 0 aliphatic carbocycles. The fourth-order valence-corrected chi connectivity index (χ4v) is 10.4. The van der Waals surface area contributed by atoms with Crippen molar-refractivity contribution in [2.75, 3.05) is 28.4 Å². The monoisotopic (exact) mass is 1040 g/mol. The van der Waals surface area contributed by atoms with E-state index in [1.165, 1.54) is 0 Å². The average molecular weight is 1050 g/mol. The first kappa shape index (κ1) is 40.0. The summed E-state index contributed by atoms with van der Waals surface area (Å²) >= 11 is 15.4. The maximum absolute atomic E-state index is 5.76. The van der Waals surface area contributed by atoms with E-state index in [2.05, 4.69) is 63.7 Å². The number of benzene rings is 4. The van der Waals surface area contributed by atoms with Crippen LogP contribution >= 0.6 is 63.7 Å². The number of allylic oxidation sites excluding steroid dienone is 12. The van der Waals surface area contributed by atoms with Crippen LogP contribution in [0.4, 0.5) is 0 Å². The lowest BCUT2D eigenvalue weighted by Crippen LogP contribution is -2.05. The molecule has 0 amide bonds. The Morgan fingerprint density at radius 1 is 0.350 bits per heavy atom. The molecule has 5 aliphatic heterocycles. The van der Waals surface area contributed by atoms with E-state index in [0.29, 0.717) is 45.8 Å². The number of nitrogens with zero attached hydrogens (tertiary/aromatic N) is 4. The van der Waals surface area contributed by atoms with Crippen molar-refractivity contribution in [1.82, 2.24) is 0 Å². The van der Waals surface area contributed by atoms with Crippen molar-refractivity contribution in [1.29, 1.82) is 0 Å². The van der Waals surface area contributed by atoms with Crippen LogP contribution in [0.2, 0.25) is 0 Å². The molecule has 5 aliphatic rings. The van der Waals surface area contributed by atoms with Crippen molar-refractivity contribution >= 4 is 109 Å². The zero-order valence-electron chi connectivity index (χ0n) is 32.5. The Balaban J connectivity index is 1.42. The van der Waals surface area contributed by atoms with Crippen LogP contribution in [0, 0.1) is 0 Å². The number of hydrogen-bond donors (Lipinski definition) is 0. The SMILES string of the molecule is COc1cc(OC)cc(C2=C3C=CC(=N3)C(c3c(Br)cccc3Br)=C3C=CC(=N3)C(c3cc(OC)cc(OC)c3)=C3C=CC(=N3)C(c3c(Br)cccc3Br)=C3C=CC2=N3)c1. The Labute approximate surface area is 380 Å². The predicted molar refractivity (Wildman–Crippen MR) is 257 cm³/mol. The van der Waals surface area contributed by atoms with Gasteiger partial charge in [0.25, 0.3) is 0 Å². The van der Waals surface area contributed by atoms with Gasteiger partial charge in [0.05, 0.1) is 74.1 Å². The molecule has 0 radical (unpaired) electrons. The minimum absolute atomic E-state index is 0.638. The van der Waals surface area contributed by atoms with Crippen LogP contribution in [0.25, 0.3) is 22.3 Å². The molecule has 9 rings (SSSR count). The predicted octanol–water partition coefficient (Wildman–Crippen LogP) is 12.8. The van der Waals surface area contributed by atoms with Gasteiger partial charge in [0.15, 0.2) is 0 Å². The van der Waals surface area contributed by atoms with Crippen LogP contribution in [-0.2, 0) is 0 Å². The summed E-state index contributed by atoms with van der Waals surface area (Å²) in [4.78, 5) is 21.6. The molecule has 60 heavy (non-hydrogen) atoms. The molecule has 4 aromatic carbocycles. The Morgan fingerprint density at radius 2 is 0.617 bits per heavy atom. The summed E-state index contributed by atoms with van der Waals surface area (Å²) in [5.41, 5.74) is 12.4. The van der Waals surface area contributed by atoms with Gasteiger partial charge in [-0.15, -0.1) is 0 Å². The quantitative estimate of drug-likeness (QED) is 0.176. The van der Waals surface area contributed by atoms with Crippen LogP contribution in [0.15, 0.2) is 182 Å². The molecule has 296 valence electrons. The van der Waals surface area contributed by atoms with Crippen molar-refractivity contribution in [3.63, 3.8) is 0 Å². The highest BCUT2D eigenvalue weighted by Crippen LogP contribution is 2.44. The first-order chi connectivity index (χ1) is 29.2. The number of hydrogen-bond acceptors (Lipinski definition) is 8. The van der Waals surface area contributed by atoms with Crippen LogP contribution < -0.4 is 18.9 Å². The first-order valence-electron chi connectivity index (χ1n) is 18.6. The van der Waals surface area contributed by atoms with Crippen molar-refractivity contribution in [2.24, 2.45) is 20.0 Å². The molecule has 0 fully saturated rings. The van der Waals surface area contributed by atoms with Gasteiger partial charge in [-0.25, -0.2) is 20.0 Å². The van der Waals surface area contributed by atoms with Gasteiger partial charge in [-0.3, -0.25) is 0 Å². The van der Waals surface area contributed by atoms with Crippen LogP contribution in [0.1, 0.15) is 22.3 Å².